The molecule has 1 N–H and O–H groups in total. The number of hydrogen-bond acceptors (Lipinski definition) is 5. The van der Waals surface area contributed by atoms with Crippen LogP contribution in [0.3, 0.4) is 0 Å². The molecule has 160 valence electrons. The molecule has 1 fully saturated rings. The number of carbonyl (C=O) groups excluding carboxylic acids is 1. The van der Waals surface area contributed by atoms with Gasteiger partial charge in [0.1, 0.15) is 0 Å². The lowest BCUT2D eigenvalue weighted by molar-refractivity contribution is 0.0685. The van der Waals surface area contributed by atoms with Crippen molar-refractivity contribution in [3.63, 3.8) is 0 Å². The van der Waals surface area contributed by atoms with E-state index in [9.17, 15) is 4.79 Å². The van der Waals surface area contributed by atoms with E-state index in [1.54, 1.807) is 10.9 Å². The maximum atomic E-state index is 13.2. The first-order valence-electron chi connectivity index (χ1n) is 10.2. The van der Waals surface area contributed by atoms with E-state index in [4.69, 9.17) is 0 Å². The molecule has 0 saturated carbocycles. The summed E-state index contributed by atoms with van der Waals surface area (Å²) in [4.78, 5) is 24.2. The molecular weight excluding hydrogens is 388 g/mol. The molecule has 0 unspecified atom stereocenters. The smallest absolute Gasteiger partial charge is 0.257 e. The van der Waals surface area contributed by atoms with Gasteiger partial charge in [-0.15, -0.1) is 12.4 Å². The van der Waals surface area contributed by atoms with Crippen molar-refractivity contribution in [2.45, 2.75) is 52.9 Å². The monoisotopic (exact) mass is 420 g/mol. The van der Waals surface area contributed by atoms with Crippen LogP contribution in [0.15, 0.2) is 12.3 Å². The van der Waals surface area contributed by atoms with Gasteiger partial charge < -0.3 is 10.2 Å². The molecule has 2 aromatic rings. The van der Waals surface area contributed by atoms with Crippen molar-refractivity contribution in [1.82, 2.24) is 30.0 Å². The summed E-state index contributed by atoms with van der Waals surface area (Å²) >= 11 is 0. The first kappa shape index (κ1) is 23.3. The molecule has 3 rings (SSSR count). The lowest BCUT2D eigenvalue weighted by atomic mass is 9.93. The third-order valence-corrected chi connectivity index (χ3v) is 5.40. The van der Waals surface area contributed by atoms with Gasteiger partial charge in [0.05, 0.1) is 11.3 Å². The number of nitrogens with zero attached hydrogens (tertiary/aromatic N) is 5. The lowest BCUT2D eigenvalue weighted by Gasteiger charge is -2.32. The zero-order chi connectivity index (χ0) is 20.3. The highest BCUT2D eigenvalue weighted by molar-refractivity contribution is 5.95. The molecule has 7 nitrogen and oxygen atoms in total. The largest absolute Gasteiger partial charge is 0.339 e. The molecule has 0 radical (unpaired) electrons. The summed E-state index contributed by atoms with van der Waals surface area (Å²) < 4.78 is 1.65. The molecule has 3 heterocycles. The van der Waals surface area contributed by atoms with E-state index in [0.717, 1.165) is 49.6 Å². The Balaban J connectivity index is 0.00000300. The van der Waals surface area contributed by atoms with Gasteiger partial charge in [0, 0.05) is 30.7 Å². The third kappa shape index (κ3) is 5.54. The van der Waals surface area contributed by atoms with Crippen molar-refractivity contribution < 1.29 is 4.79 Å². The summed E-state index contributed by atoms with van der Waals surface area (Å²) in [5.41, 5.74) is 3.26. The normalized spacial score (nSPS) is 14.9. The second-order valence-electron chi connectivity index (χ2n) is 8.11. The second-order valence-corrected chi connectivity index (χ2v) is 8.11. The Hall–Kier alpha value is -1.99. The summed E-state index contributed by atoms with van der Waals surface area (Å²) in [5.74, 6) is 1.45. The second kappa shape index (κ2) is 10.2. The number of amides is 1. The van der Waals surface area contributed by atoms with Gasteiger partial charge in [0.2, 0.25) is 0 Å². The molecule has 0 aromatic carbocycles. The third-order valence-electron chi connectivity index (χ3n) is 5.40. The lowest BCUT2D eigenvalue weighted by Crippen LogP contribution is -2.39. The number of piperidine rings is 1. The van der Waals surface area contributed by atoms with Crippen LogP contribution in [0.25, 0.3) is 5.95 Å². The summed E-state index contributed by atoms with van der Waals surface area (Å²) in [6, 6.07) is 1.93. The molecule has 2 aromatic heterocycles. The molecule has 8 heteroatoms. The SMILES string of the molecule is CNCCC1CCN(C(=O)c2cn(-c3nc(C)cc(C)n3)nc2C(C)C)CC1.Cl. The number of aryl methyl sites for hydroxylation is 2. The van der Waals surface area contributed by atoms with Crippen LogP contribution in [-0.2, 0) is 0 Å². The molecular formula is C21H33ClN6O. The number of carbonyl (C=O) groups is 1. The first-order chi connectivity index (χ1) is 13.4. The highest BCUT2D eigenvalue weighted by Crippen LogP contribution is 2.25. The highest BCUT2D eigenvalue weighted by atomic mass is 35.5. The average molecular weight is 421 g/mol. The van der Waals surface area contributed by atoms with E-state index >= 15 is 0 Å². The molecule has 0 aliphatic carbocycles. The zero-order valence-corrected chi connectivity index (χ0v) is 18.9. The van der Waals surface area contributed by atoms with Gasteiger partial charge in [0.15, 0.2) is 0 Å². The quantitative estimate of drug-likeness (QED) is 0.775. The Bertz CT molecular complexity index is 806. The van der Waals surface area contributed by atoms with Crippen LogP contribution in [0.2, 0.25) is 0 Å². The van der Waals surface area contributed by atoms with Gasteiger partial charge in [-0.05, 0) is 64.6 Å². The Morgan fingerprint density at radius 2 is 1.83 bits per heavy atom. The average Bonchev–Trinajstić information content (AvgIpc) is 3.11. The molecule has 1 aliphatic heterocycles. The van der Waals surface area contributed by atoms with Crippen LogP contribution in [0.4, 0.5) is 0 Å². The van der Waals surface area contributed by atoms with Crippen LogP contribution in [0.5, 0.6) is 0 Å². The van der Waals surface area contributed by atoms with Crippen LogP contribution < -0.4 is 5.32 Å². The Labute approximate surface area is 179 Å². The topological polar surface area (TPSA) is 75.9 Å². The predicted octanol–water partition coefficient (Wildman–Crippen LogP) is 3.29. The minimum absolute atomic E-state index is 0. The van der Waals surface area contributed by atoms with Crippen molar-refractivity contribution in [3.05, 3.63) is 34.9 Å². The fourth-order valence-electron chi connectivity index (χ4n) is 3.83. The van der Waals surface area contributed by atoms with Gasteiger partial charge in [-0.2, -0.15) is 5.10 Å². The molecule has 0 spiro atoms. The van der Waals surface area contributed by atoms with E-state index in [-0.39, 0.29) is 24.2 Å². The summed E-state index contributed by atoms with van der Waals surface area (Å²) in [7, 11) is 1.99. The van der Waals surface area contributed by atoms with E-state index in [0.29, 0.717) is 17.4 Å². The Morgan fingerprint density at radius 3 is 2.38 bits per heavy atom. The summed E-state index contributed by atoms with van der Waals surface area (Å²) in [5, 5.41) is 7.89. The van der Waals surface area contributed by atoms with Gasteiger partial charge in [0.25, 0.3) is 11.9 Å². The van der Waals surface area contributed by atoms with E-state index < -0.39 is 0 Å². The van der Waals surface area contributed by atoms with Gasteiger partial charge in [-0.1, -0.05) is 13.8 Å². The van der Waals surface area contributed by atoms with E-state index in [1.807, 2.05) is 31.9 Å². The Kier molecular flexibility index (Phi) is 8.16. The molecule has 0 atom stereocenters. The van der Waals surface area contributed by atoms with E-state index in [1.165, 1.54) is 6.42 Å². The molecule has 1 amide bonds. The van der Waals surface area contributed by atoms with Crippen LogP contribution in [-0.4, -0.2) is 57.2 Å². The number of hydrogen-bond donors (Lipinski definition) is 1. The van der Waals surface area contributed by atoms with Crippen LogP contribution in [0, 0.1) is 19.8 Å². The number of halogens is 1. The van der Waals surface area contributed by atoms with E-state index in [2.05, 4.69) is 34.2 Å². The fourth-order valence-corrected chi connectivity index (χ4v) is 3.83. The van der Waals surface area contributed by atoms with Crippen molar-refractivity contribution in [2.24, 2.45) is 5.92 Å². The fraction of sp³-hybridized carbons (Fsp3) is 0.619. The zero-order valence-electron chi connectivity index (χ0n) is 18.1. The van der Waals surface area contributed by atoms with Crippen molar-refractivity contribution in [1.29, 1.82) is 0 Å². The number of aromatic nitrogens is 4. The van der Waals surface area contributed by atoms with Crippen LogP contribution >= 0.6 is 12.4 Å². The van der Waals surface area contributed by atoms with Crippen LogP contribution in [0.1, 0.15) is 66.5 Å². The highest BCUT2D eigenvalue weighted by Gasteiger charge is 2.28. The molecule has 1 saturated heterocycles. The van der Waals surface area contributed by atoms with Gasteiger partial charge >= 0.3 is 0 Å². The first-order valence-corrected chi connectivity index (χ1v) is 10.2. The number of rotatable bonds is 6. The molecule has 1 aliphatic rings. The Morgan fingerprint density at radius 1 is 1.21 bits per heavy atom. The maximum Gasteiger partial charge on any atom is 0.257 e. The van der Waals surface area contributed by atoms with Crippen molar-refractivity contribution >= 4 is 18.3 Å². The van der Waals surface area contributed by atoms with Crippen molar-refractivity contribution in [3.8, 4) is 5.95 Å². The minimum atomic E-state index is 0. The van der Waals surface area contributed by atoms with Gasteiger partial charge in [-0.25, -0.2) is 14.6 Å². The number of likely N-dealkylation sites (tertiary alicyclic amines) is 1. The minimum Gasteiger partial charge on any atom is -0.339 e. The maximum absolute atomic E-state index is 13.2. The predicted molar refractivity (Wildman–Crippen MR) is 117 cm³/mol. The number of nitrogens with one attached hydrogen (secondary N) is 1. The summed E-state index contributed by atoms with van der Waals surface area (Å²) in [6.07, 6.45) is 5.12. The molecule has 0 bridgehead atoms. The van der Waals surface area contributed by atoms with Gasteiger partial charge in [-0.3, -0.25) is 4.79 Å². The van der Waals surface area contributed by atoms with Crippen molar-refractivity contribution in [2.75, 3.05) is 26.7 Å². The summed E-state index contributed by atoms with van der Waals surface area (Å²) in [6.45, 7) is 10.7. The molecule has 29 heavy (non-hydrogen) atoms. The standard InChI is InChI=1S/C21H32N6O.ClH/c1-14(2)19-18(13-27(25-19)21-23-15(3)12-16(4)24-21)20(28)26-10-7-17(8-11-26)6-9-22-5;/h12-14,17,22H,6-11H2,1-5H3;1H.